The Balaban J connectivity index is 2.01. The van der Waals surface area contributed by atoms with Gasteiger partial charge in [-0.25, -0.2) is 0 Å². The number of β-amino-alcohol motifs (C(OH)–C–C–N with tert-alkyl or cyclic N) is 1. The zero-order valence-electron chi connectivity index (χ0n) is 20.9. The molecular weight excluding hydrogens is 507 g/mol. The van der Waals surface area contributed by atoms with Gasteiger partial charge in [-0.2, -0.15) is 0 Å². The Labute approximate surface area is 217 Å². The monoisotopic (exact) mass is 545 g/mol. The van der Waals surface area contributed by atoms with Gasteiger partial charge in [-0.15, -0.1) is 9.42 Å². The molecule has 208 valence electrons. The fraction of sp³-hybridized carbons (Fsp3) is 0.652. The van der Waals surface area contributed by atoms with Crippen LogP contribution in [0.4, 0.5) is 0 Å². The summed E-state index contributed by atoms with van der Waals surface area (Å²) in [6, 6.07) is 9.62. The van der Waals surface area contributed by atoms with E-state index in [0.29, 0.717) is 65.5 Å². The van der Waals surface area contributed by atoms with E-state index in [1.165, 1.54) is 0 Å². The van der Waals surface area contributed by atoms with Gasteiger partial charge in [-0.05, 0) is 5.56 Å². The standard InChI is InChI=1S/C23H37N4O9P/c28-21(18-35-17-20-4-2-1-3-5-20)14-24-6-8-25(15-22(29)30)10-12-27(19-36-37(33)34)13-11-26(9-7-24)16-23(31)32/h1-5,21,28H,6-19H2,(H2-,29,30,31,32,33,34)/p+1. The van der Waals surface area contributed by atoms with Crippen LogP contribution in [0.2, 0.25) is 0 Å². The minimum absolute atomic E-state index is 0.130. The van der Waals surface area contributed by atoms with Crippen LogP contribution in [-0.4, -0.2) is 143 Å². The maximum atomic E-state index is 11.4. The molecule has 4 N–H and O–H groups in total. The van der Waals surface area contributed by atoms with Gasteiger partial charge in [0.1, 0.15) is 0 Å². The SMILES string of the molecule is O=C(O)CN1CCN(CO[P+](=O)O)CCN(CC(=O)O)CCN(CC(O)COCc2ccccc2)CC1. The van der Waals surface area contributed by atoms with Gasteiger partial charge in [0.2, 0.25) is 0 Å². The van der Waals surface area contributed by atoms with Crippen molar-refractivity contribution in [1.29, 1.82) is 0 Å². The van der Waals surface area contributed by atoms with Gasteiger partial charge >= 0.3 is 20.2 Å². The fourth-order valence-corrected chi connectivity index (χ4v) is 4.22. The second-order valence-corrected chi connectivity index (χ2v) is 9.64. The third-order valence-corrected chi connectivity index (χ3v) is 6.23. The van der Waals surface area contributed by atoms with E-state index >= 15 is 0 Å². The van der Waals surface area contributed by atoms with Crippen LogP contribution in [0, 0.1) is 0 Å². The lowest BCUT2D eigenvalue weighted by molar-refractivity contribution is -0.139. The molecule has 2 unspecified atom stereocenters. The summed E-state index contributed by atoms with van der Waals surface area (Å²) < 4.78 is 21.5. The highest BCUT2D eigenvalue weighted by molar-refractivity contribution is 7.32. The number of hydrogen-bond donors (Lipinski definition) is 4. The highest BCUT2D eigenvalue weighted by Crippen LogP contribution is 2.15. The maximum absolute atomic E-state index is 11.4. The minimum atomic E-state index is -2.79. The number of aliphatic carboxylic acids is 2. The van der Waals surface area contributed by atoms with Gasteiger partial charge in [0.05, 0.1) is 32.4 Å². The molecule has 0 saturated carbocycles. The second kappa shape index (κ2) is 17.4. The average Bonchev–Trinajstić information content (AvgIpc) is 2.83. The average molecular weight is 546 g/mol. The summed E-state index contributed by atoms with van der Waals surface area (Å²) in [4.78, 5) is 39.0. The molecule has 0 bridgehead atoms. The van der Waals surface area contributed by atoms with Crippen LogP contribution >= 0.6 is 8.25 Å². The molecule has 1 aromatic rings. The lowest BCUT2D eigenvalue weighted by Gasteiger charge is -2.33. The number of ether oxygens (including phenoxy) is 1. The topological polar surface area (TPSA) is 164 Å². The van der Waals surface area contributed by atoms with Crippen molar-refractivity contribution in [2.75, 3.05) is 85.3 Å². The van der Waals surface area contributed by atoms with E-state index in [1.54, 1.807) is 14.7 Å². The predicted molar refractivity (Wildman–Crippen MR) is 134 cm³/mol. The lowest BCUT2D eigenvalue weighted by atomic mass is 10.2. The molecule has 2 atom stereocenters. The second-order valence-electron chi connectivity index (χ2n) is 8.91. The van der Waals surface area contributed by atoms with Crippen LogP contribution in [0.25, 0.3) is 0 Å². The van der Waals surface area contributed by atoms with Gasteiger partial charge in [0.25, 0.3) is 0 Å². The van der Waals surface area contributed by atoms with Crippen LogP contribution in [0.15, 0.2) is 30.3 Å². The molecule has 14 heteroatoms. The molecule has 0 radical (unpaired) electrons. The molecule has 1 saturated heterocycles. The van der Waals surface area contributed by atoms with Crippen LogP contribution in [0.3, 0.4) is 0 Å². The Bertz CT molecular complexity index is 804. The van der Waals surface area contributed by atoms with Gasteiger partial charge < -0.3 is 20.1 Å². The van der Waals surface area contributed by atoms with Crippen molar-refractivity contribution >= 4 is 20.2 Å². The number of carbonyl (C=O) groups is 2. The first-order chi connectivity index (χ1) is 17.7. The van der Waals surface area contributed by atoms with Crippen molar-refractivity contribution in [3.05, 3.63) is 35.9 Å². The highest BCUT2D eigenvalue weighted by Gasteiger charge is 2.22. The van der Waals surface area contributed by atoms with Crippen molar-refractivity contribution in [3.8, 4) is 0 Å². The number of carboxylic acid groups (broad SMARTS) is 2. The number of benzene rings is 1. The number of aliphatic hydroxyl groups is 1. The fourth-order valence-electron chi connectivity index (χ4n) is 3.96. The lowest BCUT2D eigenvalue weighted by Crippen LogP contribution is -2.49. The molecule has 37 heavy (non-hydrogen) atoms. The van der Waals surface area contributed by atoms with Crippen molar-refractivity contribution < 1.29 is 43.6 Å². The van der Waals surface area contributed by atoms with Crippen molar-refractivity contribution in [2.24, 2.45) is 0 Å². The number of nitrogens with zero attached hydrogens (tertiary/aromatic N) is 4. The summed E-state index contributed by atoms with van der Waals surface area (Å²) in [5, 5.41) is 29.2. The molecule has 1 aliphatic rings. The van der Waals surface area contributed by atoms with E-state index in [0.717, 1.165) is 5.56 Å². The van der Waals surface area contributed by atoms with Gasteiger partial charge in [0, 0.05) is 63.5 Å². The van der Waals surface area contributed by atoms with Crippen LogP contribution < -0.4 is 0 Å². The van der Waals surface area contributed by atoms with E-state index in [2.05, 4.69) is 0 Å². The summed E-state index contributed by atoms with van der Waals surface area (Å²) in [7, 11) is -2.79. The Morgan fingerprint density at radius 3 is 1.81 bits per heavy atom. The maximum Gasteiger partial charge on any atom is 0.696 e. The molecule has 1 aliphatic heterocycles. The van der Waals surface area contributed by atoms with Crippen molar-refractivity contribution in [2.45, 2.75) is 12.7 Å². The molecule has 0 spiro atoms. The van der Waals surface area contributed by atoms with Crippen LogP contribution in [0.1, 0.15) is 5.56 Å². The molecule has 2 rings (SSSR count). The number of aliphatic hydroxyl groups excluding tert-OH is 1. The Kier molecular flexibility index (Phi) is 14.7. The third-order valence-electron chi connectivity index (χ3n) is 5.89. The first-order valence-electron chi connectivity index (χ1n) is 12.1. The molecule has 0 aliphatic carbocycles. The van der Waals surface area contributed by atoms with Gasteiger partial charge in [0.15, 0.2) is 6.73 Å². The molecule has 0 amide bonds. The number of rotatable bonds is 13. The van der Waals surface area contributed by atoms with Crippen molar-refractivity contribution in [1.82, 2.24) is 19.6 Å². The number of hydrogen-bond acceptors (Lipinski definition) is 10. The van der Waals surface area contributed by atoms with E-state index < -0.39 is 26.3 Å². The molecule has 1 aromatic carbocycles. The summed E-state index contributed by atoms with van der Waals surface area (Å²) >= 11 is 0. The normalized spacial score (nSPS) is 19.0. The molecule has 13 nitrogen and oxygen atoms in total. The third kappa shape index (κ3) is 14.5. The summed E-state index contributed by atoms with van der Waals surface area (Å²) in [5.74, 6) is -1.94. The first-order valence-corrected chi connectivity index (χ1v) is 13.3. The van der Waals surface area contributed by atoms with E-state index in [9.17, 15) is 29.5 Å². The number of carboxylic acids is 2. The zero-order valence-corrected chi connectivity index (χ0v) is 21.8. The molecular formula is C23H38N4O9P+. The van der Waals surface area contributed by atoms with Gasteiger partial charge in [-0.3, -0.25) is 29.2 Å². The molecule has 0 aromatic heterocycles. The Hall–Kier alpha value is -2.06. The minimum Gasteiger partial charge on any atom is -0.480 e. The van der Waals surface area contributed by atoms with E-state index in [-0.39, 0.29) is 26.4 Å². The first kappa shape index (κ1) is 31.2. The van der Waals surface area contributed by atoms with Gasteiger partial charge in [-0.1, -0.05) is 30.3 Å². The Morgan fingerprint density at radius 2 is 1.32 bits per heavy atom. The molecule has 1 fully saturated rings. The highest BCUT2D eigenvalue weighted by atomic mass is 31.1. The molecule has 1 heterocycles. The van der Waals surface area contributed by atoms with Crippen LogP contribution in [-0.2, 0) is 30.0 Å². The van der Waals surface area contributed by atoms with E-state index in [1.807, 2.05) is 35.2 Å². The van der Waals surface area contributed by atoms with E-state index in [4.69, 9.17) is 14.2 Å². The smallest absolute Gasteiger partial charge is 0.480 e. The van der Waals surface area contributed by atoms with Crippen molar-refractivity contribution in [3.63, 3.8) is 0 Å². The Morgan fingerprint density at radius 1 is 0.838 bits per heavy atom. The summed E-state index contributed by atoms with van der Waals surface area (Å²) in [5.41, 5.74) is 1.000. The largest absolute Gasteiger partial charge is 0.696 e. The summed E-state index contributed by atoms with van der Waals surface area (Å²) in [6.45, 7) is 3.53. The quantitative estimate of drug-likeness (QED) is 0.237. The zero-order chi connectivity index (χ0) is 27.0. The summed E-state index contributed by atoms with van der Waals surface area (Å²) in [6.07, 6.45) is -0.773. The predicted octanol–water partition coefficient (Wildman–Crippen LogP) is -0.421. The van der Waals surface area contributed by atoms with Crippen LogP contribution in [0.5, 0.6) is 0 Å².